The highest BCUT2D eigenvalue weighted by Gasteiger charge is 2.63. The van der Waals surface area contributed by atoms with Gasteiger partial charge in [0.05, 0.1) is 27.3 Å². The first-order chi connectivity index (χ1) is 15.4. The Morgan fingerprint density at radius 3 is 2.45 bits per heavy atom. The number of nitrogens with one attached hydrogen (secondary N) is 1. The Morgan fingerprint density at radius 2 is 1.85 bits per heavy atom. The van der Waals surface area contributed by atoms with Gasteiger partial charge in [0.2, 0.25) is 10.0 Å². The summed E-state index contributed by atoms with van der Waals surface area (Å²) in [5, 5.41) is 14.4. The van der Waals surface area contributed by atoms with Crippen LogP contribution in [0.2, 0.25) is 0 Å². The van der Waals surface area contributed by atoms with E-state index in [-0.39, 0.29) is 16.2 Å². The third-order valence-corrected chi connectivity index (χ3v) is 11.9. The number of benzene rings is 1. The average Bonchev–Trinajstić information content (AvgIpc) is 2.72. The first-order valence-corrected chi connectivity index (χ1v) is 14.4. The molecular formula is C24H33IN2O5S. The summed E-state index contributed by atoms with van der Waals surface area (Å²) in [7, 11) is -3.70. The standard InChI is InChI=1S/C24H33IN2O5S/c1-16-3-4-19(10-20(16)33(30,31)27-5-7-32-8-6-27)21(28)26-22(2,25)23-11-17-9-18(12-23)14-24(29,13-17)15-23/h3-4,10,17-18,29H,5-9,11-15H2,1-2H3,(H,26,28). The van der Waals surface area contributed by atoms with Crippen LogP contribution in [0.5, 0.6) is 0 Å². The van der Waals surface area contributed by atoms with Gasteiger partial charge in [0.1, 0.15) is 0 Å². The van der Waals surface area contributed by atoms with Crippen molar-refractivity contribution in [1.82, 2.24) is 9.62 Å². The summed E-state index contributed by atoms with van der Waals surface area (Å²) < 4.78 is 32.7. The van der Waals surface area contributed by atoms with Crippen LogP contribution < -0.4 is 5.32 Å². The van der Waals surface area contributed by atoms with Gasteiger partial charge >= 0.3 is 0 Å². The smallest absolute Gasteiger partial charge is 0.252 e. The molecule has 1 aromatic carbocycles. The quantitative estimate of drug-likeness (QED) is 0.313. The van der Waals surface area contributed by atoms with Crippen molar-refractivity contribution >= 4 is 38.5 Å². The summed E-state index contributed by atoms with van der Waals surface area (Å²) in [6.07, 6.45) is 5.72. The SMILES string of the molecule is Cc1ccc(C(=O)NC(C)(I)C23CC4CC(CC(O)(C4)C2)C3)cc1S(=O)(=O)N1CCOCC1. The lowest BCUT2D eigenvalue weighted by Gasteiger charge is -2.64. The second-order valence-corrected chi connectivity index (χ2v) is 15.0. The van der Waals surface area contributed by atoms with E-state index in [0.29, 0.717) is 49.3 Å². The monoisotopic (exact) mass is 588 g/mol. The van der Waals surface area contributed by atoms with Crippen LogP contribution in [0.1, 0.15) is 61.4 Å². The zero-order valence-corrected chi connectivity index (χ0v) is 22.2. The molecule has 0 radical (unpaired) electrons. The van der Waals surface area contributed by atoms with E-state index in [2.05, 4.69) is 34.8 Å². The minimum atomic E-state index is -3.70. The van der Waals surface area contributed by atoms with Gasteiger partial charge in [-0.25, -0.2) is 8.42 Å². The van der Waals surface area contributed by atoms with Crippen LogP contribution in [0.15, 0.2) is 23.1 Å². The number of ether oxygens (including phenoxy) is 1. The summed E-state index contributed by atoms with van der Waals surface area (Å²) in [6.45, 7) is 5.20. The summed E-state index contributed by atoms with van der Waals surface area (Å²) in [5.41, 5.74) is 0.220. The molecule has 5 aliphatic rings. The van der Waals surface area contributed by atoms with Gasteiger partial charge in [0.25, 0.3) is 5.91 Å². The minimum absolute atomic E-state index is 0.143. The number of morpholine rings is 1. The number of aliphatic hydroxyl groups is 1. The number of amides is 1. The fraction of sp³-hybridized carbons (Fsp3) is 0.708. The Hall–Kier alpha value is -0.750. The molecule has 5 fully saturated rings. The molecule has 6 rings (SSSR count). The molecule has 1 heterocycles. The predicted octanol–water partition coefficient (Wildman–Crippen LogP) is 3.23. The third-order valence-electron chi connectivity index (χ3n) is 8.41. The minimum Gasteiger partial charge on any atom is -0.390 e. The number of rotatable bonds is 5. The Labute approximate surface area is 209 Å². The van der Waals surface area contributed by atoms with Gasteiger partial charge in [-0.15, -0.1) is 0 Å². The van der Waals surface area contributed by atoms with Crippen molar-refractivity contribution in [2.75, 3.05) is 26.3 Å². The molecule has 2 N–H and O–H groups in total. The Morgan fingerprint density at radius 1 is 1.21 bits per heavy atom. The van der Waals surface area contributed by atoms with Crippen LogP contribution in [0, 0.1) is 24.2 Å². The fourth-order valence-electron chi connectivity index (χ4n) is 7.13. The van der Waals surface area contributed by atoms with E-state index < -0.39 is 19.2 Å². The zero-order valence-electron chi connectivity index (χ0n) is 19.3. The van der Waals surface area contributed by atoms with Crippen molar-refractivity contribution in [3.05, 3.63) is 29.3 Å². The molecule has 0 aromatic heterocycles. The first-order valence-electron chi connectivity index (χ1n) is 11.9. The lowest BCUT2D eigenvalue weighted by Crippen LogP contribution is -2.65. The van der Waals surface area contributed by atoms with Gasteiger partial charge in [-0.2, -0.15) is 4.31 Å². The maximum absolute atomic E-state index is 13.4. The predicted molar refractivity (Wildman–Crippen MR) is 133 cm³/mol. The highest BCUT2D eigenvalue weighted by Crippen LogP contribution is 2.66. The molecule has 3 atom stereocenters. The molecule has 1 saturated heterocycles. The maximum atomic E-state index is 13.4. The number of alkyl halides is 1. The molecular weight excluding hydrogens is 555 g/mol. The number of hydrogen-bond acceptors (Lipinski definition) is 5. The van der Waals surface area contributed by atoms with Gasteiger partial charge in [-0.05, 0) is 81.9 Å². The molecule has 3 unspecified atom stereocenters. The summed E-state index contributed by atoms with van der Waals surface area (Å²) in [4.78, 5) is 13.6. The maximum Gasteiger partial charge on any atom is 0.252 e. The van der Waals surface area contributed by atoms with Gasteiger partial charge in [-0.1, -0.05) is 28.7 Å². The summed E-state index contributed by atoms with van der Waals surface area (Å²) in [6, 6.07) is 4.92. The van der Waals surface area contributed by atoms with Crippen LogP contribution in [0.3, 0.4) is 0 Å². The molecule has 1 aromatic rings. The van der Waals surface area contributed by atoms with Gasteiger partial charge in [0.15, 0.2) is 0 Å². The van der Waals surface area contributed by atoms with E-state index in [4.69, 9.17) is 4.74 Å². The molecule has 4 saturated carbocycles. The number of halogens is 1. The molecule has 1 aliphatic heterocycles. The van der Waals surface area contributed by atoms with Crippen LogP contribution in [-0.4, -0.2) is 59.2 Å². The topological polar surface area (TPSA) is 95.9 Å². The number of sulfonamides is 1. The van der Waals surface area contributed by atoms with Crippen LogP contribution in [0.4, 0.5) is 0 Å². The third kappa shape index (κ3) is 4.15. The lowest BCUT2D eigenvalue weighted by molar-refractivity contribution is -0.173. The van der Waals surface area contributed by atoms with Crippen molar-refractivity contribution in [2.24, 2.45) is 17.3 Å². The Balaban J connectivity index is 1.40. The van der Waals surface area contributed by atoms with Crippen LogP contribution in [0.25, 0.3) is 0 Å². The molecule has 0 spiro atoms. The normalized spacial score (nSPS) is 35.9. The largest absolute Gasteiger partial charge is 0.390 e. The van der Waals surface area contributed by atoms with E-state index in [0.717, 1.165) is 32.1 Å². The van der Waals surface area contributed by atoms with E-state index >= 15 is 0 Å². The molecule has 182 valence electrons. The number of carbonyl (C=O) groups excluding carboxylic acids is 1. The zero-order chi connectivity index (χ0) is 23.6. The first kappa shape index (κ1) is 24.0. The number of nitrogens with zero attached hydrogens (tertiary/aromatic N) is 1. The van der Waals surface area contributed by atoms with Crippen molar-refractivity contribution in [2.45, 2.75) is 66.4 Å². The average molecular weight is 589 g/mol. The number of aryl methyl sites for hydroxylation is 1. The number of carbonyl (C=O) groups is 1. The van der Waals surface area contributed by atoms with Crippen molar-refractivity contribution in [1.29, 1.82) is 0 Å². The van der Waals surface area contributed by atoms with Gasteiger partial charge < -0.3 is 15.2 Å². The van der Waals surface area contributed by atoms with Gasteiger partial charge in [0, 0.05) is 24.1 Å². The van der Waals surface area contributed by atoms with Crippen molar-refractivity contribution < 1.29 is 23.1 Å². The highest BCUT2D eigenvalue weighted by atomic mass is 127. The Bertz CT molecular complexity index is 1050. The Kier molecular flexibility index (Phi) is 5.92. The molecule has 1 amide bonds. The second kappa shape index (κ2) is 8.15. The molecule has 7 nitrogen and oxygen atoms in total. The number of hydrogen-bond donors (Lipinski definition) is 2. The van der Waals surface area contributed by atoms with Crippen molar-refractivity contribution in [3.63, 3.8) is 0 Å². The lowest BCUT2D eigenvalue weighted by atomic mass is 9.46. The molecule has 9 heteroatoms. The van der Waals surface area contributed by atoms with E-state index in [1.165, 1.54) is 16.8 Å². The van der Waals surface area contributed by atoms with E-state index in [1.807, 2.05) is 0 Å². The van der Waals surface area contributed by atoms with Crippen molar-refractivity contribution in [3.8, 4) is 0 Å². The summed E-state index contributed by atoms with van der Waals surface area (Å²) >= 11 is 2.35. The van der Waals surface area contributed by atoms with E-state index in [1.54, 1.807) is 19.1 Å². The highest BCUT2D eigenvalue weighted by molar-refractivity contribution is 14.1. The summed E-state index contributed by atoms with van der Waals surface area (Å²) in [5.74, 6) is 0.770. The second-order valence-electron chi connectivity index (χ2n) is 10.9. The molecule has 4 bridgehead atoms. The molecule has 33 heavy (non-hydrogen) atoms. The van der Waals surface area contributed by atoms with Crippen LogP contribution >= 0.6 is 22.6 Å². The van der Waals surface area contributed by atoms with Gasteiger partial charge in [-0.3, -0.25) is 4.79 Å². The van der Waals surface area contributed by atoms with E-state index in [9.17, 15) is 18.3 Å². The fourth-order valence-corrected chi connectivity index (χ4v) is 9.66. The van der Waals surface area contributed by atoms with Crippen LogP contribution in [-0.2, 0) is 14.8 Å². The molecule has 4 aliphatic carbocycles.